The van der Waals surface area contributed by atoms with Gasteiger partial charge in [0.1, 0.15) is 0 Å². The molecule has 1 heterocycles. The molecule has 22 heavy (non-hydrogen) atoms. The van der Waals surface area contributed by atoms with Crippen LogP contribution in [0.2, 0.25) is 5.02 Å². The lowest BCUT2D eigenvalue weighted by molar-refractivity contribution is -0.121. The second kappa shape index (κ2) is 9.16. The van der Waals surface area contributed by atoms with E-state index in [1.807, 2.05) is 48.0 Å². The monoisotopic (exact) mass is 358 g/mol. The van der Waals surface area contributed by atoms with Crippen molar-refractivity contribution in [2.75, 3.05) is 0 Å². The number of rotatable bonds is 6. The molecule has 0 aliphatic heterocycles. The molecule has 120 valence electrons. The molecular weight excluding hydrogens is 339 g/mol. The van der Waals surface area contributed by atoms with Crippen LogP contribution in [0.25, 0.3) is 0 Å². The number of halogens is 2. The summed E-state index contributed by atoms with van der Waals surface area (Å²) in [6, 6.07) is 9.47. The van der Waals surface area contributed by atoms with Gasteiger partial charge in [0.2, 0.25) is 5.91 Å². The quantitative estimate of drug-likeness (QED) is 0.814. The molecular formula is C16H20Cl2N2OS. The highest BCUT2D eigenvalue weighted by atomic mass is 35.5. The Balaban J connectivity index is 0.00000242. The molecule has 1 amide bonds. The van der Waals surface area contributed by atoms with Crippen molar-refractivity contribution in [2.24, 2.45) is 5.73 Å². The van der Waals surface area contributed by atoms with E-state index >= 15 is 0 Å². The summed E-state index contributed by atoms with van der Waals surface area (Å²) in [6.07, 6.45) is 1.12. The van der Waals surface area contributed by atoms with Crippen LogP contribution in [0.5, 0.6) is 0 Å². The largest absolute Gasteiger partial charge is 0.345 e. The van der Waals surface area contributed by atoms with Crippen LogP contribution in [0.4, 0.5) is 0 Å². The van der Waals surface area contributed by atoms with Crippen molar-refractivity contribution < 1.29 is 4.79 Å². The molecule has 0 bridgehead atoms. The lowest BCUT2D eigenvalue weighted by atomic mass is 10.0. The minimum atomic E-state index is -0.144. The van der Waals surface area contributed by atoms with Gasteiger partial charge < -0.3 is 11.1 Å². The third kappa shape index (κ3) is 5.61. The molecule has 2 atom stereocenters. The van der Waals surface area contributed by atoms with E-state index in [0.29, 0.717) is 17.9 Å². The molecule has 2 rings (SSSR count). The molecule has 0 radical (unpaired) electrons. The summed E-state index contributed by atoms with van der Waals surface area (Å²) in [7, 11) is 0. The summed E-state index contributed by atoms with van der Waals surface area (Å²) in [4.78, 5) is 12.1. The van der Waals surface area contributed by atoms with Gasteiger partial charge in [-0.1, -0.05) is 23.7 Å². The SMILES string of the molecule is CC(N)CCC(=O)NC(c1ccc(Cl)cc1)c1ccsc1.Cl. The zero-order valence-electron chi connectivity index (χ0n) is 12.3. The Kier molecular flexibility index (Phi) is 7.90. The molecule has 1 aromatic heterocycles. The molecule has 0 aliphatic carbocycles. The van der Waals surface area contributed by atoms with Crippen LogP contribution in [0.3, 0.4) is 0 Å². The lowest BCUT2D eigenvalue weighted by Crippen LogP contribution is -2.30. The Morgan fingerprint density at radius 1 is 1.27 bits per heavy atom. The van der Waals surface area contributed by atoms with Crippen molar-refractivity contribution in [3.63, 3.8) is 0 Å². The number of nitrogens with two attached hydrogens (primary N) is 1. The van der Waals surface area contributed by atoms with Crippen molar-refractivity contribution in [3.8, 4) is 0 Å². The number of thiophene rings is 1. The molecule has 2 unspecified atom stereocenters. The summed E-state index contributed by atoms with van der Waals surface area (Å²) in [6.45, 7) is 1.91. The molecule has 0 saturated heterocycles. The van der Waals surface area contributed by atoms with Crippen molar-refractivity contribution in [2.45, 2.75) is 31.8 Å². The van der Waals surface area contributed by atoms with E-state index < -0.39 is 0 Å². The summed E-state index contributed by atoms with van der Waals surface area (Å²) in [5.41, 5.74) is 7.80. The van der Waals surface area contributed by atoms with Gasteiger partial charge in [-0.15, -0.1) is 12.4 Å². The van der Waals surface area contributed by atoms with Crippen molar-refractivity contribution >= 4 is 41.3 Å². The van der Waals surface area contributed by atoms with E-state index in [1.54, 1.807) is 11.3 Å². The zero-order valence-corrected chi connectivity index (χ0v) is 14.7. The van der Waals surface area contributed by atoms with Crippen molar-refractivity contribution in [1.82, 2.24) is 5.32 Å². The van der Waals surface area contributed by atoms with Crippen LogP contribution >= 0.6 is 35.3 Å². The van der Waals surface area contributed by atoms with E-state index in [-0.39, 0.29) is 30.4 Å². The second-order valence-corrected chi connectivity index (χ2v) is 6.34. The maximum Gasteiger partial charge on any atom is 0.220 e. The number of hydrogen-bond acceptors (Lipinski definition) is 3. The smallest absolute Gasteiger partial charge is 0.220 e. The number of carbonyl (C=O) groups is 1. The predicted molar refractivity (Wildman–Crippen MR) is 95.9 cm³/mol. The third-order valence-corrected chi connectivity index (χ3v) is 4.17. The zero-order chi connectivity index (χ0) is 15.2. The Bertz CT molecular complexity index is 570. The minimum absolute atomic E-state index is 0. The first-order valence-electron chi connectivity index (χ1n) is 6.89. The van der Waals surface area contributed by atoms with Gasteiger partial charge in [-0.05, 0) is 53.4 Å². The number of nitrogens with one attached hydrogen (secondary N) is 1. The topological polar surface area (TPSA) is 55.1 Å². The van der Waals surface area contributed by atoms with Crippen molar-refractivity contribution in [3.05, 3.63) is 57.2 Å². The third-order valence-electron chi connectivity index (χ3n) is 3.21. The average molecular weight is 359 g/mol. The maximum atomic E-state index is 12.1. The number of hydrogen-bond donors (Lipinski definition) is 2. The molecule has 0 fully saturated rings. The lowest BCUT2D eigenvalue weighted by Gasteiger charge is -2.19. The van der Waals surface area contributed by atoms with E-state index in [9.17, 15) is 4.79 Å². The molecule has 1 aromatic carbocycles. The number of amides is 1. The van der Waals surface area contributed by atoms with Gasteiger partial charge in [0.15, 0.2) is 0 Å². The summed E-state index contributed by atoms with van der Waals surface area (Å²) < 4.78 is 0. The highest BCUT2D eigenvalue weighted by Crippen LogP contribution is 2.25. The Morgan fingerprint density at radius 2 is 1.95 bits per heavy atom. The van der Waals surface area contributed by atoms with Gasteiger partial charge in [-0.25, -0.2) is 0 Å². The molecule has 3 nitrogen and oxygen atoms in total. The highest BCUT2D eigenvalue weighted by Gasteiger charge is 2.17. The van der Waals surface area contributed by atoms with Crippen LogP contribution < -0.4 is 11.1 Å². The van der Waals surface area contributed by atoms with Gasteiger partial charge in [-0.2, -0.15) is 11.3 Å². The highest BCUT2D eigenvalue weighted by molar-refractivity contribution is 7.08. The fourth-order valence-corrected chi connectivity index (χ4v) is 2.86. The molecule has 6 heteroatoms. The van der Waals surface area contributed by atoms with Gasteiger partial charge in [0.05, 0.1) is 6.04 Å². The van der Waals surface area contributed by atoms with Gasteiger partial charge in [0, 0.05) is 17.5 Å². The van der Waals surface area contributed by atoms with Gasteiger partial charge in [-0.3, -0.25) is 4.79 Å². The van der Waals surface area contributed by atoms with E-state index in [1.165, 1.54) is 0 Å². The first-order valence-corrected chi connectivity index (χ1v) is 8.21. The maximum absolute atomic E-state index is 12.1. The minimum Gasteiger partial charge on any atom is -0.345 e. The van der Waals surface area contributed by atoms with Crippen LogP contribution in [0, 0.1) is 0 Å². The predicted octanol–water partition coefficient (Wildman–Crippen LogP) is 4.16. The Labute approximate surface area is 146 Å². The normalized spacial score (nSPS) is 13.0. The summed E-state index contributed by atoms with van der Waals surface area (Å²) in [5.74, 6) is 0.0125. The van der Waals surface area contributed by atoms with E-state index in [4.69, 9.17) is 17.3 Å². The van der Waals surface area contributed by atoms with Gasteiger partial charge >= 0.3 is 0 Å². The average Bonchev–Trinajstić information content (AvgIpc) is 2.97. The van der Waals surface area contributed by atoms with Crippen LogP contribution in [-0.4, -0.2) is 11.9 Å². The van der Waals surface area contributed by atoms with Crippen LogP contribution in [0.1, 0.15) is 36.9 Å². The second-order valence-electron chi connectivity index (χ2n) is 5.12. The summed E-state index contributed by atoms with van der Waals surface area (Å²) >= 11 is 7.55. The molecule has 3 N–H and O–H groups in total. The standard InChI is InChI=1S/C16H19ClN2OS.ClH/c1-11(18)2-7-15(20)19-16(13-8-9-21-10-13)12-3-5-14(17)6-4-12;/h3-6,8-11,16H,2,7,18H2,1H3,(H,19,20);1H. The first kappa shape index (κ1) is 19.0. The van der Waals surface area contributed by atoms with Crippen LogP contribution in [0.15, 0.2) is 41.1 Å². The Hall–Kier alpha value is -1.07. The molecule has 0 spiro atoms. The fourth-order valence-electron chi connectivity index (χ4n) is 2.05. The number of benzene rings is 1. The fraction of sp³-hybridized carbons (Fsp3) is 0.312. The Morgan fingerprint density at radius 3 is 2.50 bits per heavy atom. The number of carbonyl (C=O) groups excluding carboxylic acids is 1. The molecule has 0 saturated carbocycles. The van der Waals surface area contributed by atoms with Gasteiger partial charge in [0.25, 0.3) is 0 Å². The molecule has 0 aliphatic rings. The first-order chi connectivity index (χ1) is 10.1. The van der Waals surface area contributed by atoms with E-state index in [0.717, 1.165) is 11.1 Å². The van der Waals surface area contributed by atoms with Crippen LogP contribution in [-0.2, 0) is 4.79 Å². The molecule has 2 aromatic rings. The summed E-state index contributed by atoms with van der Waals surface area (Å²) in [5, 5.41) is 7.82. The van der Waals surface area contributed by atoms with Crippen molar-refractivity contribution in [1.29, 1.82) is 0 Å². The van der Waals surface area contributed by atoms with E-state index in [2.05, 4.69) is 5.32 Å².